The maximum atomic E-state index is 13.5. The van der Waals surface area contributed by atoms with Crippen molar-refractivity contribution in [2.24, 2.45) is 0 Å². The predicted molar refractivity (Wildman–Crippen MR) is 98.4 cm³/mol. The lowest BCUT2D eigenvalue weighted by Crippen LogP contribution is -2.41. The van der Waals surface area contributed by atoms with Gasteiger partial charge in [-0.2, -0.15) is 5.10 Å². The average Bonchev–Trinajstić information content (AvgIpc) is 3.34. The molecule has 8 nitrogen and oxygen atoms in total. The minimum Gasteiger partial charge on any atom is -0.383 e. The van der Waals surface area contributed by atoms with Gasteiger partial charge in [0.1, 0.15) is 17.3 Å². The molecule has 1 aliphatic rings. The molecule has 1 amide bonds. The second kappa shape index (κ2) is 7.18. The Morgan fingerprint density at radius 2 is 2.07 bits per heavy atom. The molecule has 142 valence electrons. The Bertz CT molecular complexity index is 1040. The number of benzene rings is 1. The van der Waals surface area contributed by atoms with Crippen LogP contribution in [0.1, 0.15) is 33.7 Å². The van der Waals surface area contributed by atoms with Crippen LogP contribution in [-0.2, 0) is 0 Å². The molecule has 0 radical (unpaired) electrons. The lowest BCUT2D eigenvalue weighted by Gasteiger charge is -2.23. The number of halogens is 1. The molecule has 0 unspecified atom stereocenters. The number of hydrogen-bond donors (Lipinski definition) is 1. The van der Waals surface area contributed by atoms with E-state index in [9.17, 15) is 14.0 Å². The third-order valence-corrected chi connectivity index (χ3v) is 4.72. The van der Waals surface area contributed by atoms with Crippen LogP contribution in [0.5, 0.6) is 0 Å². The second-order valence-corrected chi connectivity index (χ2v) is 6.45. The van der Waals surface area contributed by atoms with Crippen LogP contribution in [0.2, 0.25) is 0 Å². The predicted octanol–water partition coefficient (Wildman–Crippen LogP) is 1.87. The van der Waals surface area contributed by atoms with E-state index in [0.717, 1.165) is 0 Å². The number of nitrogens with zero attached hydrogens (tertiary/aromatic N) is 5. The number of hydrogen-bond acceptors (Lipinski definition) is 6. The number of carbonyl (C=O) groups is 2. The standard InChI is InChI=1S/C19H17FN6O2/c20-12-3-1-4-13(9-12)26-18(21)14(10-24-26)17(27)16-5-2-8-25(16)19(28)15-11-22-6-7-23-15/h1,3-4,6-7,9-11,16H,2,5,8,21H2/t16-/m0/s1. The van der Waals surface area contributed by atoms with Gasteiger partial charge in [0.2, 0.25) is 0 Å². The number of anilines is 1. The molecule has 1 fully saturated rings. The highest BCUT2D eigenvalue weighted by Crippen LogP contribution is 2.26. The van der Waals surface area contributed by atoms with Crippen LogP contribution in [0.25, 0.3) is 5.69 Å². The molecule has 9 heteroatoms. The highest BCUT2D eigenvalue weighted by Gasteiger charge is 2.37. The molecule has 3 aromatic rings. The van der Waals surface area contributed by atoms with E-state index in [-0.39, 0.29) is 28.8 Å². The maximum Gasteiger partial charge on any atom is 0.274 e. The Balaban J connectivity index is 1.62. The number of aromatic nitrogens is 4. The Hall–Kier alpha value is -3.62. The summed E-state index contributed by atoms with van der Waals surface area (Å²) in [6.45, 7) is 0.448. The average molecular weight is 380 g/mol. The number of carbonyl (C=O) groups excluding carboxylic acids is 2. The molecule has 0 spiro atoms. The van der Waals surface area contributed by atoms with Crippen molar-refractivity contribution in [3.63, 3.8) is 0 Å². The van der Waals surface area contributed by atoms with Crippen molar-refractivity contribution < 1.29 is 14.0 Å². The zero-order chi connectivity index (χ0) is 19.7. The summed E-state index contributed by atoms with van der Waals surface area (Å²) in [5.41, 5.74) is 6.92. The first-order valence-corrected chi connectivity index (χ1v) is 8.77. The summed E-state index contributed by atoms with van der Waals surface area (Å²) in [5.74, 6) is -0.971. The van der Waals surface area contributed by atoms with Crippen LogP contribution >= 0.6 is 0 Å². The van der Waals surface area contributed by atoms with Gasteiger partial charge in [0.25, 0.3) is 5.91 Å². The Morgan fingerprint density at radius 1 is 1.21 bits per heavy atom. The summed E-state index contributed by atoms with van der Waals surface area (Å²) in [6, 6.07) is 5.11. The van der Waals surface area contributed by atoms with Crippen molar-refractivity contribution in [3.05, 3.63) is 66.1 Å². The normalized spacial score (nSPS) is 16.3. The number of likely N-dealkylation sites (tertiary alicyclic amines) is 1. The molecule has 1 atom stereocenters. The molecule has 2 aromatic heterocycles. The van der Waals surface area contributed by atoms with Crippen molar-refractivity contribution in [3.8, 4) is 5.69 Å². The smallest absolute Gasteiger partial charge is 0.274 e. The first-order chi connectivity index (χ1) is 13.6. The Kier molecular flexibility index (Phi) is 4.56. The van der Waals surface area contributed by atoms with Crippen LogP contribution in [-0.4, -0.2) is 48.9 Å². The summed E-state index contributed by atoms with van der Waals surface area (Å²) < 4.78 is 14.8. The quantitative estimate of drug-likeness (QED) is 0.693. The van der Waals surface area contributed by atoms with Gasteiger partial charge in [0.15, 0.2) is 5.78 Å². The van der Waals surface area contributed by atoms with Gasteiger partial charge in [0.05, 0.1) is 29.7 Å². The van der Waals surface area contributed by atoms with Gasteiger partial charge in [-0.05, 0) is 31.0 Å². The van der Waals surface area contributed by atoms with E-state index >= 15 is 0 Å². The van der Waals surface area contributed by atoms with Gasteiger partial charge in [-0.15, -0.1) is 0 Å². The van der Waals surface area contributed by atoms with E-state index in [1.165, 1.54) is 52.6 Å². The molecular weight excluding hydrogens is 363 g/mol. The molecule has 4 rings (SSSR count). The third-order valence-electron chi connectivity index (χ3n) is 4.72. The highest BCUT2D eigenvalue weighted by atomic mass is 19.1. The van der Waals surface area contributed by atoms with E-state index in [0.29, 0.717) is 25.1 Å². The number of rotatable bonds is 4. The lowest BCUT2D eigenvalue weighted by atomic mass is 10.0. The van der Waals surface area contributed by atoms with Crippen LogP contribution < -0.4 is 5.73 Å². The lowest BCUT2D eigenvalue weighted by molar-refractivity contribution is 0.0667. The highest BCUT2D eigenvalue weighted by molar-refractivity contribution is 6.06. The molecule has 0 aliphatic carbocycles. The fourth-order valence-electron chi connectivity index (χ4n) is 3.38. The fourth-order valence-corrected chi connectivity index (χ4v) is 3.38. The number of nitrogens with two attached hydrogens (primary N) is 1. The molecule has 1 saturated heterocycles. The Morgan fingerprint density at radius 3 is 2.82 bits per heavy atom. The van der Waals surface area contributed by atoms with Gasteiger partial charge >= 0.3 is 0 Å². The second-order valence-electron chi connectivity index (χ2n) is 6.45. The molecule has 28 heavy (non-hydrogen) atoms. The summed E-state index contributed by atoms with van der Waals surface area (Å²) in [7, 11) is 0. The summed E-state index contributed by atoms with van der Waals surface area (Å²) in [6.07, 6.45) is 6.85. The minimum atomic E-state index is -0.651. The molecule has 1 aliphatic heterocycles. The largest absolute Gasteiger partial charge is 0.383 e. The van der Waals surface area contributed by atoms with E-state index in [2.05, 4.69) is 15.1 Å². The van der Waals surface area contributed by atoms with Crippen molar-refractivity contribution in [2.75, 3.05) is 12.3 Å². The van der Waals surface area contributed by atoms with E-state index in [1.807, 2.05) is 0 Å². The Labute approximate surface area is 159 Å². The van der Waals surface area contributed by atoms with Crippen LogP contribution in [0.3, 0.4) is 0 Å². The van der Waals surface area contributed by atoms with Crippen molar-refractivity contribution in [1.29, 1.82) is 0 Å². The van der Waals surface area contributed by atoms with Crippen LogP contribution in [0.15, 0.2) is 49.1 Å². The van der Waals surface area contributed by atoms with Gasteiger partial charge in [-0.1, -0.05) is 6.07 Å². The zero-order valence-corrected chi connectivity index (χ0v) is 14.8. The van der Waals surface area contributed by atoms with Crippen LogP contribution in [0.4, 0.5) is 10.2 Å². The number of Topliss-reactive ketones (excluding diaryl/α,β-unsaturated/α-hetero) is 1. The van der Waals surface area contributed by atoms with Gasteiger partial charge in [-0.25, -0.2) is 14.1 Å². The van der Waals surface area contributed by atoms with Crippen molar-refractivity contribution in [1.82, 2.24) is 24.6 Å². The molecule has 0 saturated carbocycles. The van der Waals surface area contributed by atoms with E-state index in [1.54, 1.807) is 6.07 Å². The molecular formula is C19H17FN6O2. The first-order valence-electron chi connectivity index (χ1n) is 8.77. The maximum absolute atomic E-state index is 13.5. The number of amides is 1. The van der Waals surface area contributed by atoms with E-state index in [4.69, 9.17) is 5.73 Å². The van der Waals surface area contributed by atoms with Crippen molar-refractivity contribution in [2.45, 2.75) is 18.9 Å². The first kappa shape index (κ1) is 17.8. The molecule has 2 N–H and O–H groups in total. The van der Waals surface area contributed by atoms with Gasteiger partial charge in [0, 0.05) is 18.9 Å². The monoisotopic (exact) mass is 380 g/mol. The number of nitrogen functional groups attached to an aromatic ring is 1. The van der Waals surface area contributed by atoms with Crippen LogP contribution in [0, 0.1) is 5.82 Å². The molecule has 0 bridgehead atoms. The summed E-state index contributed by atoms with van der Waals surface area (Å²) >= 11 is 0. The zero-order valence-electron chi connectivity index (χ0n) is 14.8. The SMILES string of the molecule is Nc1c(C(=O)[C@@H]2CCCN2C(=O)c2cnccn2)cnn1-c1cccc(F)c1. The topological polar surface area (TPSA) is 107 Å². The third kappa shape index (κ3) is 3.11. The molecule has 3 heterocycles. The van der Waals surface area contributed by atoms with E-state index < -0.39 is 11.9 Å². The summed E-state index contributed by atoms with van der Waals surface area (Å²) in [4.78, 5) is 35.2. The minimum absolute atomic E-state index is 0.106. The van der Waals surface area contributed by atoms with Crippen molar-refractivity contribution >= 4 is 17.5 Å². The number of ketones is 1. The molecule has 1 aromatic carbocycles. The summed E-state index contributed by atoms with van der Waals surface area (Å²) in [5, 5.41) is 4.13. The fraction of sp³-hybridized carbons (Fsp3) is 0.211. The van der Waals surface area contributed by atoms with Gasteiger partial charge in [-0.3, -0.25) is 14.6 Å². The van der Waals surface area contributed by atoms with Gasteiger partial charge < -0.3 is 10.6 Å².